The topological polar surface area (TPSA) is 29.3 Å². The summed E-state index contributed by atoms with van der Waals surface area (Å²) < 4.78 is 0. The Hall–Kier alpha value is -0.860. The summed E-state index contributed by atoms with van der Waals surface area (Å²) in [4.78, 5) is 2.31. The smallest absolute Gasteiger partial charge is 0.0699 e. The number of nitrogens with two attached hydrogens (primary N) is 1. The van der Waals surface area contributed by atoms with Gasteiger partial charge in [0.2, 0.25) is 0 Å². The molecule has 0 fully saturated rings. The van der Waals surface area contributed by atoms with Gasteiger partial charge >= 0.3 is 0 Å². The Morgan fingerprint density at radius 3 is 2.25 bits per heavy atom. The Labute approximate surface area is 99.5 Å². The van der Waals surface area contributed by atoms with Gasteiger partial charge in [0.25, 0.3) is 0 Å². The van der Waals surface area contributed by atoms with Crippen molar-refractivity contribution in [2.24, 2.45) is 5.73 Å². The molecule has 0 saturated heterocycles. The van der Waals surface area contributed by atoms with E-state index in [9.17, 15) is 0 Å². The third-order valence-electron chi connectivity index (χ3n) is 3.30. The second kappa shape index (κ2) is 5.46. The first-order chi connectivity index (χ1) is 7.51. The fourth-order valence-electron chi connectivity index (χ4n) is 2.25. The van der Waals surface area contributed by atoms with Crippen LogP contribution in [-0.2, 0) is 6.42 Å². The highest BCUT2D eigenvalue weighted by atomic mass is 15.3. The van der Waals surface area contributed by atoms with E-state index in [0.29, 0.717) is 0 Å². The third kappa shape index (κ3) is 3.06. The van der Waals surface area contributed by atoms with Gasteiger partial charge in [-0.1, -0.05) is 38.1 Å². The lowest BCUT2D eigenvalue weighted by Gasteiger charge is -2.37. The van der Waals surface area contributed by atoms with Crippen molar-refractivity contribution in [1.29, 1.82) is 0 Å². The van der Waals surface area contributed by atoms with Gasteiger partial charge in [-0.05, 0) is 38.1 Å². The molecule has 0 radical (unpaired) electrons. The molecular weight excluding hydrogens is 196 g/mol. The van der Waals surface area contributed by atoms with E-state index in [0.717, 1.165) is 19.5 Å². The molecule has 2 nitrogen and oxygen atoms in total. The average Bonchev–Trinajstić information content (AvgIpc) is 2.22. The maximum atomic E-state index is 6.41. The maximum Gasteiger partial charge on any atom is 0.0699 e. The summed E-state index contributed by atoms with van der Waals surface area (Å²) in [6, 6.07) is 8.47. The van der Waals surface area contributed by atoms with Crippen molar-refractivity contribution in [3.63, 3.8) is 0 Å². The van der Waals surface area contributed by atoms with Gasteiger partial charge in [0.1, 0.15) is 0 Å². The largest absolute Gasteiger partial charge is 0.313 e. The Balaban J connectivity index is 2.83. The van der Waals surface area contributed by atoms with E-state index in [1.165, 1.54) is 11.1 Å². The van der Waals surface area contributed by atoms with E-state index in [4.69, 9.17) is 5.73 Å². The molecule has 90 valence electrons. The number of rotatable bonds is 5. The maximum absolute atomic E-state index is 6.41. The molecule has 1 atom stereocenters. The van der Waals surface area contributed by atoms with E-state index in [2.05, 4.69) is 56.9 Å². The van der Waals surface area contributed by atoms with Crippen LogP contribution >= 0.6 is 0 Å². The second-order valence-corrected chi connectivity index (χ2v) is 4.63. The molecule has 0 bridgehead atoms. The predicted octanol–water partition coefficient (Wildman–Crippen LogP) is 2.55. The lowest BCUT2D eigenvalue weighted by molar-refractivity contribution is 0.123. The number of nitrogens with zero attached hydrogens (tertiary/aromatic N) is 1. The fourth-order valence-corrected chi connectivity index (χ4v) is 2.25. The minimum Gasteiger partial charge on any atom is -0.313 e. The molecule has 0 saturated carbocycles. The molecule has 0 amide bonds. The molecule has 0 aliphatic rings. The first kappa shape index (κ1) is 13.2. The van der Waals surface area contributed by atoms with E-state index in [1.807, 2.05) is 0 Å². The Kier molecular flexibility index (Phi) is 4.51. The minimum absolute atomic E-state index is 0.254. The molecule has 0 aromatic heterocycles. The highest BCUT2D eigenvalue weighted by Crippen LogP contribution is 2.17. The number of benzene rings is 1. The zero-order valence-electron chi connectivity index (χ0n) is 11.0. The lowest BCUT2D eigenvalue weighted by atomic mass is 9.97. The van der Waals surface area contributed by atoms with Gasteiger partial charge in [-0.2, -0.15) is 0 Å². The molecule has 16 heavy (non-hydrogen) atoms. The van der Waals surface area contributed by atoms with E-state index < -0.39 is 0 Å². The standard InChI is InChI=1S/C14H24N2/c1-5-16(6-2)14(4,15)11-13-10-8-7-9-12(13)3/h7-10H,5-6,11,15H2,1-4H3. The molecule has 1 rings (SSSR count). The molecule has 2 N–H and O–H groups in total. The lowest BCUT2D eigenvalue weighted by Crippen LogP contribution is -2.55. The van der Waals surface area contributed by atoms with Crippen molar-refractivity contribution < 1.29 is 0 Å². The SMILES string of the molecule is CCN(CC)C(C)(N)Cc1ccccc1C. The second-order valence-electron chi connectivity index (χ2n) is 4.63. The summed E-state index contributed by atoms with van der Waals surface area (Å²) in [6.45, 7) is 10.6. The summed E-state index contributed by atoms with van der Waals surface area (Å²) in [6.07, 6.45) is 0.904. The number of likely N-dealkylation sites (N-methyl/N-ethyl adjacent to an activating group) is 1. The van der Waals surface area contributed by atoms with Gasteiger partial charge in [-0.15, -0.1) is 0 Å². The van der Waals surface area contributed by atoms with Crippen LogP contribution in [0.4, 0.5) is 0 Å². The Morgan fingerprint density at radius 2 is 1.75 bits per heavy atom. The fraction of sp³-hybridized carbons (Fsp3) is 0.571. The summed E-state index contributed by atoms with van der Waals surface area (Å²) in [5.41, 5.74) is 8.83. The third-order valence-corrected chi connectivity index (χ3v) is 3.30. The van der Waals surface area contributed by atoms with Gasteiger partial charge in [0.05, 0.1) is 5.66 Å². The van der Waals surface area contributed by atoms with E-state index in [1.54, 1.807) is 0 Å². The van der Waals surface area contributed by atoms with Crippen LogP contribution in [0.1, 0.15) is 31.9 Å². The molecule has 0 spiro atoms. The van der Waals surface area contributed by atoms with Crippen molar-refractivity contribution in [2.75, 3.05) is 13.1 Å². The van der Waals surface area contributed by atoms with Crippen LogP contribution in [0.15, 0.2) is 24.3 Å². The molecular formula is C14H24N2. The van der Waals surface area contributed by atoms with Crippen LogP contribution in [0.5, 0.6) is 0 Å². The first-order valence-electron chi connectivity index (χ1n) is 6.09. The normalized spacial score (nSPS) is 15.1. The van der Waals surface area contributed by atoms with Crippen LogP contribution in [0, 0.1) is 6.92 Å². The van der Waals surface area contributed by atoms with Crippen molar-refractivity contribution >= 4 is 0 Å². The van der Waals surface area contributed by atoms with Gasteiger partial charge in [-0.3, -0.25) is 4.90 Å². The van der Waals surface area contributed by atoms with E-state index >= 15 is 0 Å². The summed E-state index contributed by atoms with van der Waals surface area (Å²) >= 11 is 0. The number of aryl methyl sites for hydroxylation is 1. The molecule has 2 heteroatoms. The Morgan fingerprint density at radius 1 is 1.19 bits per heavy atom. The van der Waals surface area contributed by atoms with Crippen LogP contribution in [0.2, 0.25) is 0 Å². The van der Waals surface area contributed by atoms with Crippen molar-refractivity contribution in [2.45, 2.75) is 39.8 Å². The summed E-state index contributed by atoms with van der Waals surface area (Å²) in [5.74, 6) is 0. The highest BCUT2D eigenvalue weighted by molar-refractivity contribution is 5.27. The van der Waals surface area contributed by atoms with Crippen LogP contribution in [0.25, 0.3) is 0 Å². The minimum atomic E-state index is -0.254. The van der Waals surface area contributed by atoms with Crippen molar-refractivity contribution in [3.05, 3.63) is 35.4 Å². The molecule has 1 unspecified atom stereocenters. The molecule has 0 heterocycles. The van der Waals surface area contributed by atoms with Crippen molar-refractivity contribution in [3.8, 4) is 0 Å². The molecule has 0 aliphatic carbocycles. The summed E-state index contributed by atoms with van der Waals surface area (Å²) in [7, 11) is 0. The van der Waals surface area contributed by atoms with Gasteiger partial charge in [0.15, 0.2) is 0 Å². The number of hydrogen-bond acceptors (Lipinski definition) is 2. The Bertz CT molecular complexity index is 327. The summed E-state index contributed by atoms with van der Waals surface area (Å²) in [5, 5.41) is 0. The molecule has 1 aromatic rings. The highest BCUT2D eigenvalue weighted by Gasteiger charge is 2.25. The van der Waals surface area contributed by atoms with Gasteiger partial charge < -0.3 is 5.73 Å². The van der Waals surface area contributed by atoms with Gasteiger partial charge in [0, 0.05) is 6.42 Å². The monoisotopic (exact) mass is 220 g/mol. The zero-order chi connectivity index (χ0) is 12.2. The van der Waals surface area contributed by atoms with E-state index in [-0.39, 0.29) is 5.66 Å². The van der Waals surface area contributed by atoms with Crippen LogP contribution in [0.3, 0.4) is 0 Å². The zero-order valence-corrected chi connectivity index (χ0v) is 11.0. The quantitative estimate of drug-likeness (QED) is 0.773. The van der Waals surface area contributed by atoms with Crippen molar-refractivity contribution in [1.82, 2.24) is 4.90 Å². The predicted molar refractivity (Wildman–Crippen MR) is 70.4 cm³/mol. The van der Waals surface area contributed by atoms with Gasteiger partial charge in [-0.25, -0.2) is 0 Å². The average molecular weight is 220 g/mol. The van der Waals surface area contributed by atoms with Crippen LogP contribution in [-0.4, -0.2) is 23.7 Å². The molecule has 1 aromatic carbocycles. The first-order valence-corrected chi connectivity index (χ1v) is 6.09. The molecule has 0 aliphatic heterocycles. The number of hydrogen-bond donors (Lipinski definition) is 1. The van der Waals surface area contributed by atoms with Crippen LogP contribution < -0.4 is 5.73 Å².